The van der Waals surface area contributed by atoms with Crippen molar-refractivity contribution in [2.75, 3.05) is 5.32 Å². The molecule has 0 saturated heterocycles. The van der Waals surface area contributed by atoms with E-state index in [0.29, 0.717) is 11.3 Å². The van der Waals surface area contributed by atoms with E-state index < -0.39 is 17.6 Å². The van der Waals surface area contributed by atoms with E-state index in [1.807, 2.05) is 0 Å². The summed E-state index contributed by atoms with van der Waals surface area (Å²) in [7, 11) is 0. The lowest BCUT2D eigenvalue weighted by molar-refractivity contribution is -0.137. The van der Waals surface area contributed by atoms with Gasteiger partial charge in [0.15, 0.2) is 0 Å². The SMILES string of the molecule is O=C(/C=C/c1cccc(C(F)(F)F)c1)Nc1cccc(CO)c1. The molecule has 6 heteroatoms. The van der Waals surface area contributed by atoms with Crippen molar-refractivity contribution in [3.63, 3.8) is 0 Å². The summed E-state index contributed by atoms with van der Waals surface area (Å²) in [6, 6.07) is 11.3. The van der Waals surface area contributed by atoms with E-state index in [2.05, 4.69) is 5.32 Å². The Morgan fingerprint density at radius 2 is 1.87 bits per heavy atom. The van der Waals surface area contributed by atoms with Gasteiger partial charge in [0.25, 0.3) is 0 Å². The van der Waals surface area contributed by atoms with Crippen LogP contribution in [0, 0.1) is 0 Å². The molecule has 0 fully saturated rings. The highest BCUT2D eigenvalue weighted by atomic mass is 19.4. The van der Waals surface area contributed by atoms with E-state index >= 15 is 0 Å². The van der Waals surface area contributed by atoms with Crippen LogP contribution in [0.25, 0.3) is 6.08 Å². The maximum absolute atomic E-state index is 12.6. The summed E-state index contributed by atoms with van der Waals surface area (Å²) in [6.07, 6.45) is -1.96. The number of hydrogen-bond donors (Lipinski definition) is 2. The number of hydrogen-bond acceptors (Lipinski definition) is 2. The molecule has 0 heterocycles. The van der Waals surface area contributed by atoms with E-state index in [-0.39, 0.29) is 12.2 Å². The quantitative estimate of drug-likeness (QED) is 0.840. The number of aliphatic hydroxyl groups excluding tert-OH is 1. The standard InChI is InChI=1S/C17H14F3NO2/c18-17(19,20)14-5-1-3-12(9-14)7-8-16(23)21-15-6-2-4-13(10-15)11-22/h1-10,22H,11H2,(H,21,23)/b8-7+. The Morgan fingerprint density at radius 3 is 2.57 bits per heavy atom. The Bertz CT molecular complexity index is 724. The molecule has 2 aromatic carbocycles. The van der Waals surface area contributed by atoms with Gasteiger partial charge in [-0.25, -0.2) is 0 Å². The Balaban J connectivity index is 2.06. The highest BCUT2D eigenvalue weighted by Crippen LogP contribution is 2.29. The first-order chi connectivity index (χ1) is 10.9. The molecule has 1 amide bonds. The lowest BCUT2D eigenvalue weighted by Crippen LogP contribution is -2.08. The minimum Gasteiger partial charge on any atom is -0.392 e. The predicted octanol–water partition coefficient (Wildman–Crippen LogP) is 3.85. The third kappa shape index (κ3) is 4.96. The van der Waals surface area contributed by atoms with Gasteiger partial charge in [0.05, 0.1) is 12.2 Å². The van der Waals surface area contributed by atoms with Gasteiger partial charge in [-0.1, -0.05) is 24.3 Å². The van der Waals surface area contributed by atoms with E-state index in [1.165, 1.54) is 18.2 Å². The molecule has 0 aliphatic rings. The molecule has 0 bridgehead atoms. The largest absolute Gasteiger partial charge is 0.416 e. The number of carbonyl (C=O) groups is 1. The second-order valence-electron chi connectivity index (χ2n) is 4.80. The van der Waals surface area contributed by atoms with Crippen LogP contribution in [0.1, 0.15) is 16.7 Å². The first-order valence-corrected chi connectivity index (χ1v) is 6.74. The fraction of sp³-hybridized carbons (Fsp3) is 0.118. The normalized spacial score (nSPS) is 11.7. The van der Waals surface area contributed by atoms with Crippen molar-refractivity contribution in [3.8, 4) is 0 Å². The van der Waals surface area contributed by atoms with Crippen LogP contribution in [0.3, 0.4) is 0 Å². The van der Waals surface area contributed by atoms with Gasteiger partial charge >= 0.3 is 6.18 Å². The molecule has 2 N–H and O–H groups in total. The third-order valence-electron chi connectivity index (χ3n) is 3.02. The second kappa shape index (κ2) is 7.11. The number of rotatable bonds is 4. The zero-order valence-electron chi connectivity index (χ0n) is 12.0. The molecule has 0 aliphatic heterocycles. The van der Waals surface area contributed by atoms with Crippen molar-refractivity contribution in [3.05, 3.63) is 71.3 Å². The maximum Gasteiger partial charge on any atom is 0.416 e. The van der Waals surface area contributed by atoms with Gasteiger partial charge in [0, 0.05) is 11.8 Å². The van der Waals surface area contributed by atoms with Gasteiger partial charge in [-0.05, 0) is 41.5 Å². The predicted molar refractivity (Wildman–Crippen MR) is 81.5 cm³/mol. The molecule has 0 aromatic heterocycles. The number of amides is 1. The van der Waals surface area contributed by atoms with Crippen molar-refractivity contribution < 1.29 is 23.1 Å². The number of aliphatic hydroxyl groups is 1. The molecule has 0 radical (unpaired) electrons. The van der Waals surface area contributed by atoms with Crippen molar-refractivity contribution in [1.29, 1.82) is 0 Å². The molecule has 0 unspecified atom stereocenters. The minimum atomic E-state index is -4.42. The fourth-order valence-electron chi connectivity index (χ4n) is 1.92. The number of alkyl halides is 3. The number of anilines is 1. The van der Waals surface area contributed by atoms with E-state index in [9.17, 15) is 18.0 Å². The van der Waals surface area contributed by atoms with Crippen LogP contribution < -0.4 is 5.32 Å². The van der Waals surface area contributed by atoms with Gasteiger partial charge in [0.2, 0.25) is 5.91 Å². The molecule has 0 spiro atoms. The fourth-order valence-corrected chi connectivity index (χ4v) is 1.92. The minimum absolute atomic E-state index is 0.149. The van der Waals surface area contributed by atoms with Crippen molar-refractivity contribution in [2.24, 2.45) is 0 Å². The Hall–Kier alpha value is -2.60. The molecule has 0 aliphatic carbocycles. The molecule has 23 heavy (non-hydrogen) atoms. The molecule has 2 aromatic rings. The number of benzene rings is 2. The summed E-state index contributed by atoms with van der Waals surface area (Å²) in [5.41, 5.74) is 0.648. The number of nitrogens with one attached hydrogen (secondary N) is 1. The molecule has 0 saturated carbocycles. The zero-order chi connectivity index (χ0) is 16.9. The molecule has 0 atom stereocenters. The second-order valence-corrected chi connectivity index (χ2v) is 4.80. The van der Waals surface area contributed by atoms with Crippen molar-refractivity contribution in [1.82, 2.24) is 0 Å². The zero-order valence-corrected chi connectivity index (χ0v) is 12.0. The van der Waals surface area contributed by atoms with Gasteiger partial charge < -0.3 is 10.4 Å². The van der Waals surface area contributed by atoms with Crippen LogP contribution >= 0.6 is 0 Å². The van der Waals surface area contributed by atoms with Gasteiger partial charge in [0.1, 0.15) is 0 Å². The topological polar surface area (TPSA) is 49.3 Å². The monoisotopic (exact) mass is 321 g/mol. The molecule has 2 rings (SSSR count). The Morgan fingerprint density at radius 1 is 1.13 bits per heavy atom. The van der Waals surface area contributed by atoms with Crippen molar-refractivity contribution >= 4 is 17.7 Å². The smallest absolute Gasteiger partial charge is 0.392 e. The lowest BCUT2D eigenvalue weighted by atomic mass is 10.1. The van der Waals surface area contributed by atoms with Gasteiger partial charge in [-0.2, -0.15) is 13.2 Å². The van der Waals surface area contributed by atoms with Crippen LogP contribution in [-0.2, 0) is 17.6 Å². The van der Waals surface area contributed by atoms with Crippen LogP contribution in [0.2, 0.25) is 0 Å². The van der Waals surface area contributed by atoms with E-state index in [1.54, 1.807) is 24.3 Å². The summed E-state index contributed by atoms with van der Waals surface area (Å²) in [4.78, 5) is 11.8. The molecular formula is C17H14F3NO2. The van der Waals surface area contributed by atoms with Crippen LogP contribution in [0.5, 0.6) is 0 Å². The summed E-state index contributed by atoms with van der Waals surface area (Å²) in [6.45, 7) is -0.149. The van der Waals surface area contributed by atoms with Crippen LogP contribution in [0.15, 0.2) is 54.6 Å². The van der Waals surface area contributed by atoms with Gasteiger partial charge in [-0.3, -0.25) is 4.79 Å². The molecule has 3 nitrogen and oxygen atoms in total. The first kappa shape index (κ1) is 16.8. The Kier molecular flexibility index (Phi) is 5.18. The van der Waals surface area contributed by atoms with Gasteiger partial charge in [-0.15, -0.1) is 0 Å². The summed E-state index contributed by atoms with van der Waals surface area (Å²) >= 11 is 0. The van der Waals surface area contributed by atoms with E-state index in [4.69, 9.17) is 5.11 Å². The summed E-state index contributed by atoms with van der Waals surface area (Å²) < 4.78 is 37.8. The number of halogens is 3. The highest BCUT2D eigenvalue weighted by molar-refractivity contribution is 6.01. The highest BCUT2D eigenvalue weighted by Gasteiger charge is 2.30. The van der Waals surface area contributed by atoms with Crippen molar-refractivity contribution in [2.45, 2.75) is 12.8 Å². The average molecular weight is 321 g/mol. The average Bonchev–Trinajstić information content (AvgIpc) is 2.52. The molecular weight excluding hydrogens is 307 g/mol. The van der Waals surface area contributed by atoms with Crippen LogP contribution in [-0.4, -0.2) is 11.0 Å². The lowest BCUT2D eigenvalue weighted by Gasteiger charge is -2.06. The maximum atomic E-state index is 12.6. The third-order valence-corrected chi connectivity index (χ3v) is 3.02. The Labute approximate surface area is 131 Å². The molecule has 120 valence electrons. The first-order valence-electron chi connectivity index (χ1n) is 6.74. The summed E-state index contributed by atoms with van der Waals surface area (Å²) in [5, 5.41) is 11.6. The summed E-state index contributed by atoms with van der Waals surface area (Å²) in [5.74, 6) is -0.475. The van der Waals surface area contributed by atoms with E-state index in [0.717, 1.165) is 18.2 Å². The number of carbonyl (C=O) groups excluding carboxylic acids is 1. The van der Waals surface area contributed by atoms with Crippen LogP contribution in [0.4, 0.5) is 18.9 Å².